The third-order valence-corrected chi connectivity index (χ3v) is 4.84. The van der Waals surface area contributed by atoms with E-state index in [1.165, 1.54) is 12.1 Å². The first kappa shape index (κ1) is 19.9. The zero-order valence-electron chi connectivity index (χ0n) is 16.0. The van der Waals surface area contributed by atoms with Crippen molar-refractivity contribution in [3.05, 3.63) is 60.0 Å². The van der Waals surface area contributed by atoms with Crippen LogP contribution in [0.4, 0.5) is 18.9 Å². The molecule has 0 saturated carbocycles. The van der Waals surface area contributed by atoms with E-state index in [0.717, 1.165) is 12.1 Å². The summed E-state index contributed by atoms with van der Waals surface area (Å²) in [5, 5.41) is 3.87. The van der Waals surface area contributed by atoms with Gasteiger partial charge in [-0.15, -0.1) is 0 Å². The second kappa shape index (κ2) is 7.81. The summed E-state index contributed by atoms with van der Waals surface area (Å²) in [6, 6.07) is 11.8. The Balaban J connectivity index is 1.53. The van der Waals surface area contributed by atoms with Crippen LogP contribution in [0.2, 0.25) is 0 Å². The zero-order chi connectivity index (χ0) is 21.3. The van der Waals surface area contributed by atoms with Crippen molar-refractivity contribution < 1.29 is 27.2 Å². The highest BCUT2D eigenvalue weighted by Gasteiger charge is 2.36. The summed E-state index contributed by atoms with van der Waals surface area (Å²) in [6.07, 6.45) is -4.22. The second-order valence-corrected chi connectivity index (χ2v) is 6.84. The van der Waals surface area contributed by atoms with E-state index in [0.29, 0.717) is 30.2 Å². The van der Waals surface area contributed by atoms with E-state index in [2.05, 4.69) is 10.1 Å². The summed E-state index contributed by atoms with van der Waals surface area (Å²) in [5.74, 6) is 0.656. The quantitative estimate of drug-likeness (QED) is 0.603. The van der Waals surface area contributed by atoms with Crippen LogP contribution < -0.4 is 9.64 Å². The van der Waals surface area contributed by atoms with E-state index in [4.69, 9.17) is 9.26 Å². The number of nitrogens with zero attached hydrogens (tertiary/aromatic N) is 3. The minimum absolute atomic E-state index is 0.0959. The fourth-order valence-corrected chi connectivity index (χ4v) is 3.39. The van der Waals surface area contributed by atoms with Crippen LogP contribution in [0.3, 0.4) is 0 Å². The highest BCUT2D eigenvalue weighted by atomic mass is 19.4. The maximum Gasteiger partial charge on any atom is 0.416 e. The zero-order valence-corrected chi connectivity index (χ0v) is 16.0. The van der Waals surface area contributed by atoms with Crippen LogP contribution in [-0.4, -0.2) is 29.2 Å². The average molecular weight is 417 g/mol. The van der Waals surface area contributed by atoms with E-state index >= 15 is 0 Å². The van der Waals surface area contributed by atoms with Gasteiger partial charge in [-0.05, 0) is 31.2 Å². The Bertz CT molecular complexity index is 1050. The van der Waals surface area contributed by atoms with Gasteiger partial charge in [0.15, 0.2) is 0 Å². The van der Waals surface area contributed by atoms with Crippen molar-refractivity contribution in [2.45, 2.75) is 25.4 Å². The molecule has 0 aliphatic carbocycles. The number of benzene rings is 2. The van der Waals surface area contributed by atoms with Crippen LogP contribution in [0.1, 0.15) is 30.7 Å². The van der Waals surface area contributed by atoms with Crippen molar-refractivity contribution in [3.8, 4) is 17.1 Å². The molecule has 1 atom stereocenters. The summed E-state index contributed by atoms with van der Waals surface area (Å²) in [6.45, 7) is 2.69. The molecular weight excluding hydrogens is 399 g/mol. The number of amides is 1. The third-order valence-electron chi connectivity index (χ3n) is 4.84. The highest BCUT2D eigenvalue weighted by molar-refractivity contribution is 5.97. The molecule has 0 radical (unpaired) electrons. The van der Waals surface area contributed by atoms with Gasteiger partial charge < -0.3 is 14.2 Å². The van der Waals surface area contributed by atoms with Crippen LogP contribution >= 0.6 is 0 Å². The number of hydrogen-bond acceptors (Lipinski definition) is 5. The van der Waals surface area contributed by atoms with Gasteiger partial charge in [-0.2, -0.15) is 18.2 Å². The summed E-state index contributed by atoms with van der Waals surface area (Å²) in [5.41, 5.74) is 0.329. The van der Waals surface area contributed by atoms with E-state index in [1.54, 1.807) is 11.0 Å². The van der Waals surface area contributed by atoms with Crippen molar-refractivity contribution in [1.82, 2.24) is 10.1 Å². The molecule has 4 rings (SSSR count). The van der Waals surface area contributed by atoms with Gasteiger partial charge in [0.2, 0.25) is 17.6 Å². The van der Waals surface area contributed by atoms with E-state index in [1.807, 2.05) is 25.1 Å². The van der Waals surface area contributed by atoms with Gasteiger partial charge in [0.25, 0.3) is 0 Å². The van der Waals surface area contributed by atoms with Crippen molar-refractivity contribution >= 4 is 11.6 Å². The van der Waals surface area contributed by atoms with Crippen molar-refractivity contribution in [3.63, 3.8) is 0 Å². The monoisotopic (exact) mass is 417 g/mol. The minimum atomic E-state index is -4.41. The first-order valence-corrected chi connectivity index (χ1v) is 9.40. The van der Waals surface area contributed by atoms with E-state index < -0.39 is 11.7 Å². The van der Waals surface area contributed by atoms with Gasteiger partial charge in [-0.1, -0.05) is 29.4 Å². The van der Waals surface area contributed by atoms with Crippen LogP contribution in [0.15, 0.2) is 53.1 Å². The molecule has 1 amide bonds. The number of hydrogen-bond donors (Lipinski definition) is 0. The number of anilines is 1. The molecule has 1 fully saturated rings. The van der Waals surface area contributed by atoms with E-state index in [9.17, 15) is 18.0 Å². The van der Waals surface area contributed by atoms with Crippen LogP contribution in [0, 0.1) is 0 Å². The highest BCUT2D eigenvalue weighted by Crippen LogP contribution is 2.37. The predicted molar refractivity (Wildman–Crippen MR) is 102 cm³/mol. The number of alkyl halides is 3. The van der Waals surface area contributed by atoms with Gasteiger partial charge in [-0.25, -0.2) is 0 Å². The molecule has 1 aromatic heterocycles. The fraction of sp³-hybridized carbons (Fsp3) is 0.286. The molecule has 1 aliphatic rings. The molecule has 0 N–H and O–H groups in total. The lowest BCUT2D eigenvalue weighted by Gasteiger charge is -2.19. The summed E-state index contributed by atoms with van der Waals surface area (Å²) >= 11 is 0. The van der Waals surface area contributed by atoms with Gasteiger partial charge in [0.1, 0.15) is 5.75 Å². The standard InChI is InChI=1S/C21H18F3N3O3/c1-2-29-17-6-4-3-5-16(17)27-12-14(11-18(27)28)20-25-19(26-30-20)13-7-9-15(10-8-13)21(22,23)24/h3-10,14H,2,11-12H2,1H3. The fourth-order valence-electron chi connectivity index (χ4n) is 3.39. The van der Waals surface area contributed by atoms with Crippen molar-refractivity contribution in [1.29, 1.82) is 0 Å². The molecule has 6 nitrogen and oxygen atoms in total. The number of halogens is 3. The van der Waals surface area contributed by atoms with Gasteiger partial charge in [0.05, 0.1) is 23.8 Å². The molecule has 2 heterocycles. The average Bonchev–Trinajstić information content (AvgIpc) is 3.35. The normalized spacial score (nSPS) is 16.9. The number of para-hydroxylation sites is 2. The van der Waals surface area contributed by atoms with Crippen LogP contribution in [-0.2, 0) is 11.0 Å². The Morgan fingerprint density at radius 3 is 2.60 bits per heavy atom. The molecule has 3 aromatic rings. The number of ether oxygens (including phenoxy) is 1. The van der Waals surface area contributed by atoms with Crippen molar-refractivity contribution in [2.24, 2.45) is 0 Å². The minimum Gasteiger partial charge on any atom is -0.492 e. The van der Waals surface area contributed by atoms with Gasteiger partial charge in [0, 0.05) is 18.5 Å². The van der Waals surface area contributed by atoms with E-state index in [-0.39, 0.29) is 30.0 Å². The second-order valence-electron chi connectivity index (χ2n) is 6.84. The number of rotatable bonds is 5. The SMILES string of the molecule is CCOc1ccccc1N1CC(c2nc(-c3ccc(C(F)(F)F)cc3)no2)CC1=O. The third kappa shape index (κ3) is 3.87. The maximum absolute atomic E-state index is 12.7. The first-order chi connectivity index (χ1) is 14.4. The predicted octanol–water partition coefficient (Wildman–Crippen LogP) is 4.67. The lowest BCUT2D eigenvalue weighted by atomic mass is 10.1. The topological polar surface area (TPSA) is 68.5 Å². The number of aromatic nitrogens is 2. The molecule has 1 saturated heterocycles. The Kier molecular flexibility index (Phi) is 5.19. The number of carbonyl (C=O) groups excluding carboxylic acids is 1. The Morgan fingerprint density at radius 1 is 1.17 bits per heavy atom. The molecule has 9 heteroatoms. The first-order valence-electron chi connectivity index (χ1n) is 9.40. The molecule has 0 bridgehead atoms. The smallest absolute Gasteiger partial charge is 0.416 e. The summed E-state index contributed by atoms with van der Waals surface area (Å²) < 4.78 is 49.1. The Morgan fingerprint density at radius 2 is 1.90 bits per heavy atom. The molecule has 1 aliphatic heterocycles. The molecule has 0 spiro atoms. The summed E-state index contributed by atoms with van der Waals surface area (Å²) in [7, 11) is 0. The van der Waals surface area contributed by atoms with Gasteiger partial charge >= 0.3 is 6.18 Å². The lowest BCUT2D eigenvalue weighted by molar-refractivity contribution is -0.137. The molecule has 1 unspecified atom stereocenters. The van der Waals surface area contributed by atoms with Crippen molar-refractivity contribution in [2.75, 3.05) is 18.1 Å². The molecule has 2 aromatic carbocycles. The largest absolute Gasteiger partial charge is 0.492 e. The molecule has 156 valence electrons. The van der Waals surface area contributed by atoms with Crippen LogP contribution in [0.25, 0.3) is 11.4 Å². The molecule has 30 heavy (non-hydrogen) atoms. The maximum atomic E-state index is 12.7. The number of carbonyl (C=O) groups is 1. The Labute approximate surface area is 170 Å². The van der Waals surface area contributed by atoms with Gasteiger partial charge in [-0.3, -0.25) is 4.79 Å². The Hall–Kier alpha value is -3.36. The molecular formula is C21H18F3N3O3. The lowest BCUT2D eigenvalue weighted by Crippen LogP contribution is -2.25. The van der Waals surface area contributed by atoms with Crippen LogP contribution in [0.5, 0.6) is 5.75 Å². The summed E-state index contributed by atoms with van der Waals surface area (Å²) in [4.78, 5) is 18.5.